The summed E-state index contributed by atoms with van der Waals surface area (Å²) in [5.74, 6) is 0. The van der Waals surface area contributed by atoms with E-state index >= 15 is 0 Å². The van der Waals surface area contributed by atoms with Crippen molar-refractivity contribution in [1.82, 2.24) is 9.78 Å². The average molecular weight is 424 g/mol. The van der Waals surface area contributed by atoms with Gasteiger partial charge in [0.1, 0.15) is 5.02 Å². The van der Waals surface area contributed by atoms with Gasteiger partial charge in [-0.1, -0.05) is 47.5 Å². The molecular formula is C20H17ClF3N3O2. The summed E-state index contributed by atoms with van der Waals surface area (Å²) in [6.45, 7) is 1.97. The van der Waals surface area contributed by atoms with Crippen molar-refractivity contribution in [3.63, 3.8) is 0 Å². The third kappa shape index (κ3) is 4.78. The minimum Gasteiger partial charge on any atom is -0.387 e. The van der Waals surface area contributed by atoms with Gasteiger partial charge in [-0.15, -0.1) is 0 Å². The van der Waals surface area contributed by atoms with Crippen LogP contribution in [0.4, 0.5) is 18.9 Å². The highest BCUT2D eigenvalue weighted by Gasteiger charge is 2.30. The number of hydrogen-bond acceptors (Lipinski definition) is 4. The smallest absolute Gasteiger partial charge is 0.387 e. The lowest BCUT2D eigenvalue weighted by molar-refractivity contribution is -0.137. The highest BCUT2D eigenvalue weighted by molar-refractivity contribution is 6.32. The molecule has 1 atom stereocenters. The van der Waals surface area contributed by atoms with Gasteiger partial charge in [0, 0.05) is 6.54 Å². The maximum atomic E-state index is 12.9. The molecule has 1 unspecified atom stereocenters. The molecule has 152 valence electrons. The number of aromatic nitrogens is 2. The summed E-state index contributed by atoms with van der Waals surface area (Å²) >= 11 is 6.09. The lowest BCUT2D eigenvalue weighted by atomic mass is 10.1. The van der Waals surface area contributed by atoms with Crippen molar-refractivity contribution in [2.24, 2.45) is 0 Å². The molecule has 0 amide bonds. The summed E-state index contributed by atoms with van der Waals surface area (Å²) in [5, 5.41) is 16.8. The number of nitrogens with one attached hydrogen (secondary N) is 1. The molecule has 9 heteroatoms. The third-order valence-corrected chi connectivity index (χ3v) is 4.61. The van der Waals surface area contributed by atoms with Crippen molar-refractivity contribution >= 4 is 17.3 Å². The Balaban J connectivity index is 1.82. The van der Waals surface area contributed by atoms with Crippen LogP contribution >= 0.6 is 11.6 Å². The molecule has 0 aliphatic heterocycles. The molecular weight excluding hydrogens is 407 g/mol. The first kappa shape index (κ1) is 20.9. The molecule has 0 saturated carbocycles. The fourth-order valence-corrected chi connectivity index (χ4v) is 2.95. The van der Waals surface area contributed by atoms with E-state index in [9.17, 15) is 23.1 Å². The molecule has 0 spiro atoms. The summed E-state index contributed by atoms with van der Waals surface area (Å²) in [5.41, 5.74) is 0.123. The molecule has 2 N–H and O–H groups in total. The molecule has 29 heavy (non-hydrogen) atoms. The van der Waals surface area contributed by atoms with Crippen LogP contribution in [0.25, 0.3) is 5.69 Å². The molecule has 2 aromatic carbocycles. The van der Waals surface area contributed by atoms with Gasteiger partial charge in [0.05, 0.1) is 29.2 Å². The van der Waals surface area contributed by atoms with E-state index < -0.39 is 23.4 Å². The third-order valence-electron chi connectivity index (χ3n) is 4.25. The van der Waals surface area contributed by atoms with Gasteiger partial charge < -0.3 is 10.4 Å². The Kier molecular flexibility index (Phi) is 5.95. The van der Waals surface area contributed by atoms with Crippen molar-refractivity contribution in [2.75, 3.05) is 11.9 Å². The maximum absolute atomic E-state index is 12.9. The SMILES string of the molecule is Cc1cccc(C(O)CNc2cnn(-c3cccc(C(F)(F)F)c3)c(=O)c2Cl)c1. The number of aryl methyl sites for hydroxylation is 1. The first-order chi connectivity index (χ1) is 13.7. The Hall–Kier alpha value is -2.84. The average Bonchev–Trinajstić information content (AvgIpc) is 2.68. The predicted octanol–water partition coefficient (Wildman–Crippen LogP) is 4.36. The van der Waals surface area contributed by atoms with Crippen molar-refractivity contribution in [3.8, 4) is 5.69 Å². The molecule has 5 nitrogen and oxygen atoms in total. The van der Waals surface area contributed by atoms with E-state index in [1.807, 2.05) is 25.1 Å². The molecule has 0 bridgehead atoms. The number of hydrogen-bond donors (Lipinski definition) is 2. The van der Waals surface area contributed by atoms with Gasteiger partial charge in [0.15, 0.2) is 0 Å². The Morgan fingerprint density at radius 2 is 1.93 bits per heavy atom. The number of rotatable bonds is 5. The quantitative estimate of drug-likeness (QED) is 0.640. The zero-order valence-electron chi connectivity index (χ0n) is 15.2. The van der Waals surface area contributed by atoms with E-state index in [1.165, 1.54) is 18.3 Å². The van der Waals surface area contributed by atoms with Crippen LogP contribution in [-0.4, -0.2) is 21.4 Å². The predicted molar refractivity (Wildman–Crippen MR) is 104 cm³/mol. The van der Waals surface area contributed by atoms with Gasteiger partial charge in [0.2, 0.25) is 0 Å². The van der Waals surface area contributed by atoms with Crippen molar-refractivity contribution in [2.45, 2.75) is 19.2 Å². The lowest BCUT2D eigenvalue weighted by Gasteiger charge is -2.15. The van der Waals surface area contributed by atoms with Crippen molar-refractivity contribution in [3.05, 3.63) is 86.8 Å². The van der Waals surface area contributed by atoms with E-state index in [-0.39, 0.29) is 22.9 Å². The summed E-state index contributed by atoms with van der Waals surface area (Å²) in [4.78, 5) is 12.5. The Morgan fingerprint density at radius 3 is 2.62 bits per heavy atom. The molecule has 0 fully saturated rings. The van der Waals surface area contributed by atoms with E-state index in [0.717, 1.165) is 22.4 Å². The summed E-state index contributed by atoms with van der Waals surface area (Å²) in [6.07, 6.45) is -4.17. The van der Waals surface area contributed by atoms with Crippen LogP contribution in [0.1, 0.15) is 22.8 Å². The van der Waals surface area contributed by atoms with Gasteiger partial charge in [-0.05, 0) is 30.7 Å². The van der Waals surface area contributed by atoms with Crippen LogP contribution in [-0.2, 0) is 6.18 Å². The second-order valence-corrected chi connectivity index (χ2v) is 6.83. The lowest BCUT2D eigenvalue weighted by Crippen LogP contribution is -2.24. The summed E-state index contributed by atoms with van der Waals surface area (Å²) in [7, 11) is 0. The number of halogens is 4. The van der Waals surface area contributed by atoms with Crippen LogP contribution in [0.15, 0.2) is 59.5 Å². The highest BCUT2D eigenvalue weighted by atomic mass is 35.5. The Morgan fingerprint density at radius 1 is 1.21 bits per heavy atom. The summed E-state index contributed by atoms with van der Waals surface area (Å²) in [6, 6.07) is 11.6. The first-order valence-corrected chi connectivity index (χ1v) is 8.98. The number of anilines is 1. The zero-order chi connectivity index (χ0) is 21.2. The van der Waals surface area contributed by atoms with Crippen LogP contribution in [0.2, 0.25) is 5.02 Å². The van der Waals surface area contributed by atoms with Crippen LogP contribution in [0.5, 0.6) is 0 Å². The molecule has 1 heterocycles. The largest absolute Gasteiger partial charge is 0.416 e. The fraction of sp³-hybridized carbons (Fsp3) is 0.200. The number of aliphatic hydroxyl groups is 1. The minimum atomic E-state index is -4.54. The van der Waals surface area contributed by atoms with Gasteiger partial charge in [-0.3, -0.25) is 4.79 Å². The normalized spacial score (nSPS) is 12.6. The van der Waals surface area contributed by atoms with Gasteiger partial charge in [-0.2, -0.15) is 23.0 Å². The Bertz CT molecular complexity index is 1080. The van der Waals surface area contributed by atoms with E-state index in [0.29, 0.717) is 5.56 Å². The summed E-state index contributed by atoms with van der Waals surface area (Å²) < 4.78 is 39.5. The van der Waals surface area contributed by atoms with E-state index in [2.05, 4.69) is 10.4 Å². The second-order valence-electron chi connectivity index (χ2n) is 6.45. The minimum absolute atomic E-state index is 0.0573. The number of alkyl halides is 3. The van der Waals surface area contributed by atoms with Crippen LogP contribution in [0.3, 0.4) is 0 Å². The molecule has 3 rings (SSSR count). The molecule has 0 aliphatic rings. The van der Waals surface area contributed by atoms with Gasteiger partial charge >= 0.3 is 6.18 Å². The van der Waals surface area contributed by atoms with Gasteiger partial charge in [-0.25, -0.2) is 0 Å². The number of aliphatic hydroxyl groups excluding tert-OH is 1. The van der Waals surface area contributed by atoms with Crippen LogP contribution in [0, 0.1) is 6.92 Å². The molecule has 0 aliphatic carbocycles. The van der Waals surface area contributed by atoms with E-state index in [4.69, 9.17) is 11.6 Å². The number of nitrogens with zero attached hydrogens (tertiary/aromatic N) is 2. The maximum Gasteiger partial charge on any atom is 0.416 e. The van der Waals surface area contributed by atoms with E-state index in [1.54, 1.807) is 6.07 Å². The first-order valence-electron chi connectivity index (χ1n) is 8.61. The molecule has 0 saturated heterocycles. The fourth-order valence-electron chi connectivity index (χ4n) is 2.76. The second kappa shape index (κ2) is 8.26. The molecule has 0 radical (unpaired) electrons. The number of benzene rings is 2. The topological polar surface area (TPSA) is 67.2 Å². The van der Waals surface area contributed by atoms with Crippen molar-refractivity contribution in [1.29, 1.82) is 0 Å². The molecule has 3 aromatic rings. The molecule has 1 aromatic heterocycles. The Labute approximate surface area is 169 Å². The van der Waals surface area contributed by atoms with Gasteiger partial charge in [0.25, 0.3) is 5.56 Å². The monoisotopic (exact) mass is 423 g/mol. The van der Waals surface area contributed by atoms with Crippen molar-refractivity contribution < 1.29 is 18.3 Å². The van der Waals surface area contributed by atoms with Crippen LogP contribution < -0.4 is 10.9 Å². The zero-order valence-corrected chi connectivity index (χ0v) is 16.0. The standard InChI is InChI=1S/C20H17ClF3N3O2/c1-12-4-2-5-13(8-12)17(28)11-25-16-10-26-27(19(29)18(16)21)15-7-3-6-14(9-15)20(22,23)24/h2-10,17,25,28H,11H2,1H3. The highest BCUT2D eigenvalue weighted by Crippen LogP contribution is 2.30.